The van der Waals surface area contributed by atoms with Crippen LogP contribution in [0.5, 0.6) is 0 Å². The van der Waals surface area contributed by atoms with Gasteiger partial charge in [0.05, 0.1) is 0 Å². The molecule has 0 aliphatic carbocycles. The fourth-order valence-corrected chi connectivity index (χ4v) is 3.08. The van der Waals surface area contributed by atoms with Crippen LogP contribution in [0.25, 0.3) is 0 Å². The number of thioether (sulfide) groups is 1. The molecule has 1 heterocycles. The highest BCUT2D eigenvalue weighted by Gasteiger charge is 2.13. The van der Waals surface area contributed by atoms with Crippen LogP contribution in [0.15, 0.2) is 23.1 Å². The van der Waals surface area contributed by atoms with Crippen molar-refractivity contribution in [2.24, 2.45) is 5.92 Å². The Morgan fingerprint density at radius 2 is 2.31 bits per heavy atom. The Labute approximate surface area is 103 Å². The van der Waals surface area contributed by atoms with Gasteiger partial charge >= 0.3 is 0 Å². The molecule has 0 saturated carbocycles. The maximum absolute atomic E-state index is 3.49. The Morgan fingerprint density at radius 3 is 3.00 bits per heavy atom. The summed E-state index contributed by atoms with van der Waals surface area (Å²) in [5, 5.41) is 3.49. The van der Waals surface area contributed by atoms with Crippen molar-refractivity contribution in [1.29, 1.82) is 0 Å². The Balaban J connectivity index is 2.03. The summed E-state index contributed by atoms with van der Waals surface area (Å²) in [5.41, 5.74) is 2.90. The molecule has 1 aromatic rings. The first-order chi connectivity index (χ1) is 7.79. The third kappa shape index (κ3) is 3.02. The van der Waals surface area contributed by atoms with E-state index in [1.165, 1.54) is 48.4 Å². The van der Waals surface area contributed by atoms with Crippen LogP contribution < -0.4 is 5.32 Å². The Kier molecular flexibility index (Phi) is 4.30. The first-order valence-electron chi connectivity index (χ1n) is 6.14. The highest BCUT2D eigenvalue weighted by Crippen LogP contribution is 2.24. The molecular formula is C14H21NS. The molecule has 0 radical (unpaired) electrons. The molecule has 0 aromatic heterocycles. The Hall–Kier alpha value is -0.470. The van der Waals surface area contributed by atoms with Crippen molar-refractivity contribution in [3.63, 3.8) is 0 Å². The van der Waals surface area contributed by atoms with Crippen LogP contribution in [-0.4, -0.2) is 19.3 Å². The first kappa shape index (κ1) is 12.0. The molecular weight excluding hydrogens is 214 g/mol. The monoisotopic (exact) mass is 235 g/mol. The molecule has 88 valence electrons. The minimum Gasteiger partial charge on any atom is -0.316 e. The van der Waals surface area contributed by atoms with Gasteiger partial charge in [0.15, 0.2) is 0 Å². The Morgan fingerprint density at radius 1 is 1.44 bits per heavy atom. The van der Waals surface area contributed by atoms with Gasteiger partial charge in [-0.1, -0.05) is 12.1 Å². The van der Waals surface area contributed by atoms with E-state index in [4.69, 9.17) is 0 Å². The molecule has 2 rings (SSSR count). The van der Waals surface area contributed by atoms with E-state index in [9.17, 15) is 0 Å². The topological polar surface area (TPSA) is 12.0 Å². The van der Waals surface area contributed by atoms with Crippen LogP contribution in [0, 0.1) is 12.8 Å². The van der Waals surface area contributed by atoms with Crippen molar-refractivity contribution in [3.05, 3.63) is 29.3 Å². The number of hydrogen-bond donors (Lipinski definition) is 1. The minimum absolute atomic E-state index is 0.839. The highest BCUT2D eigenvalue weighted by atomic mass is 32.2. The summed E-state index contributed by atoms with van der Waals surface area (Å²) < 4.78 is 0. The summed E-state index contributed by atoms with van der Waals surface area (Å²) in [6.45, 7) is 4.60. The lowest BCUT2D eigenvalue weighted by Crippen LogP contribution is -2.30. The van der Waals surface area contributed by atoms with Crippen LogP contribution in [0.2, 0.25) is 0 Å². The molecule has 0 spiro atoms. The van der Waals surface area contributed by atoms with Crippen molar-refractivity contribution in [3.8, 4) is 0 Å². The molecule has 16 heavy (non-hydrogen) atoms. The molecule has 1 N–H and O–H groups in total. The quantitative estimate of drug-likeness (QED) is 0.807. The molecule has 1 fully saturated rings. The second kappa shape index (κ2) is 5.74. The molecule has 1 saturated heterocycles. The first-order valence-corrected chi connectivity index (χ1v) is 7.36. The maximum Gasteiger partial charge on any atom is 0.0101 e. The van der Waals surface area contributed by atoms with Gasteiger partial charge in [0, 0.05) is 4.90 Å². The minimum atomic E-state index is 0.839. The summed E-state index contributed by atoms with van der Waals surface area (Å²) >= 11 is 1.86. The summed E-state index contributed by atoms with van der Waals surface area (Å²) in [6, 6.07) is 6.93. The summed E-state index contributed by atoms with van der Waals surface area (Å²) in [5.74, 6) is 0.839. The lowest BCUT2D eigenvalue weighted by atomic mass is 9.92. The van der Waals surface area contributed by atoms with Crippen LogP contribution in [0.4, 0.5) is 0 Å². The fourth-order valence-electron chi connectivity index (χ4n) is 2.42. The zero-order valence-corrected chi connectivity index (χ0v) is 11.1. The van der Waals surface area contributed by atoms with Crippen LogP contribution in [-0.2, 0) is 6.42 Å². The standard InChI is InChI=1S/C14H21NS/c1-11-5-6-12(9-14(11)16-2)8-13-4-3-7-15-10-13/h5-6,9,13,15H,3-4,7-8,10H2,1-2H3. The largest absolute Gasteiger partial charge is 0.316 e. The normalized spacial score (nSPS) is 21.0. The van der Waals surface area contributed by atoms with Crippen LogP contribution in [0.3, 0.4) is 0 Å². The average molecular weight is 235 g/mol. The maximum atomic E-state index is 3.49. The van der Waals surface area contributed by atoms with E-state index < -0.39 is 0 Å². The average Bonchev–Trinajstić information content (AvgIpc) is 2.33. The number of rotatable bonds is 3. The van der Waals surface area contributed by atoms with Gasteiger partial charge in [0.25, 0.3) is 0 Å². The van der Waals surface area contributed by atoms with E-state index in [1.54, 1.807) is 0 Å². The number of hydrogen-bond acceptors (Lipinski definition) is 2. The second-order valence-corrected chi connectivity index (χ2v) is 5.57. The van der Waals surface area contributed by atoms with Gasteiger partial charge in [0.2, 0.25) is 0 Å². The van der Waals surface area contributed by atoms with Crippen LogP contribution >= 0.6 is 11.8 Å². The smallest absolute Gasteiger partial charge is 0.0101 e. The molecule has 1 nitrogen and oxygen atoms in total. The van der Waals surface area contributed by atoms with E-state index in [1.807, 2.05) is 11.8 Å². The predicted molar refractivity (Wildman–Crippen MR) is 72.3 cm³/mol. The van der Waals surface area contributed by atoms with Gasteiger partial charge < -0.3 is 5.32 Å². The number of piperidine rings is 1. The zero-order chi connectivity index (χ0) is 11.4. The summed E-state index contributed by atoms with van der Waals surface area (Å²) in [6.07, 6.45) is 6.12. The van der Waals surface area contributed by atoms with E-state index in [0.717, 1.165) is 5.92 Å². The van der Waals surface area contributed by atoms with Crippen LogP contribution in [0.1, 0.15) is 24.0 Å². The number of benzene rings is 1. The zero-order valence-electron chi connectivity index (χ0n) is 10.3. The van der Waals surface area contributed by atoms with Crippen molar-refractivity contribution >= 4 is 11.8 Å². The summed E-state index contributed by atoms with van der Waals surface area (Å²) in [7, 11) is 0. The van der Waals surface area contributed by atoms with Crippen molar-refractivity contribution in [2.45, 2.75) is 31.1 Å². The lowest BCUT2D eigenvalue weighted by Gasteiger charge is -2.23. The van der Waals surface area contributed by atoms with E-state index >= 15 is 0 Å². The SMILES string of the molecule is CSc1cc(CC2CCCNC2)ccc1C. The van der Waals surface area contributed by atoms with Crippen molar-refractivity contribution in [1.82, 2.24) is 5.32 Å². The molecule has 1 unspecified atom stereocenters. The third-order valence-electron chi connectivity index (χ3n) is 3.40. The van der Waals surface area contributed by atoms with E-state index in [0.29, 0.717) is 0 Å². The van der Waals surface area contributed by atoms with Gasteiger partial charge in [-0.3, -0.25) is 0 Å². The third-order valence-corrected chi connectivity index (χ3v) is 4.28. The van der Waals surface area contributed by atoms with Gasteiger partial charge in [-0.25, -0.2) is 0 Å². The predicted octanol–water partition coefficient (Wildman–Crippen LogP) is 3.26. The number of aryl methyl sites for hydroxylation is 1. The molecule has 0 amide bonds. The van der Waals surface area contributed by atoms with Gasteiger partial charge in [-0.2, -0.15) is 0 Å². The molecule has 1 aliphatic rings. The number of nitrogens with one attached hydrogen (secondary N) is 1. The van der Waals surface area contributed by atoms with E-state index in [-0.39, 0.29) is 0 Å². The molecule has 1 atom stereocenters. The molecule has 2 heteroatoms. The molecule has 1 aromatic carbocycles. The van der Waals surface area contributed by atoms with Gasteiger partial charge in [0.1, 0.15) is 0 Å². The van der Waals surface area contributed by atoms with Crippen molar-refractivity contribution < 1.29 is 0 Å². The summed E-state index contributed by atoms with van der Waals surface area (Å²) in [4.78, 5) is 1.43. The van der Waals surface area contributed by atoms with E-state index in [2.05, 4.69) is 36.7 Å². The fraction of sp³-hybridized carbons (Fsp3) is 0.571. The lowest BCUT2D eigenvalue weighted by molar-refractivity contribution is 0.376. The van der Waals surface area contributed by atoms with Gasteiger partial charge in [-0.05, 0) is 68.6 Å². The van der Waals surface area contributed by atoms with Crippen molar-refractivity contribution in [2.75, 3.05) is 19.3 Å². The second-order valence-electron chi connectivity index (χ2n) is 4.72. The van der Waals surface area contributed by atoms with Gasteiger partial charge in [-0.15, -0.1) is 11.8 Å². The Bertz CT molecular complexity index is 343. The molecule has 0 bridgehead atoms. The molecule has 1 aliphatic heterocycles. The highest BCUT2D eigenvalue weighted by molar-refractivity contribution is 7.98.